The van der Waals surface area contributed by atoms with Gasteiger partial charge in [-0.3, -0.25) is 19.3 Å². The van der Waals surface area contributed by atoms with Crippen molar-refractivity contribution in [2.24, 2.45) is 5.92 Å². The van der Waals surface area contributed by atoms with Crippen LogP contribution in [0.1, 0.15) is 56.8 Å². The minimum atomic E-state index is -1.56. The Kier molecular flexibility index (Phi) is 5.49. The first-order chi connectivity index (χ1) is 14.8. The van der Waals surface area contributed by atoms with Crippen molar-refractivity contribution >= 4 is 29.4 Å². The molecule has 2 fully saturated rings. The average Bonchev–Trinajstić information content (AvgIpc) is 3.09. The van der Waals surface area contributed by atoms with Gasteiger partial charge in [-0.25, -0.2) is 4.79 Å². The lowest BCUT2D eigenvalue weighted by molar-refractivity contribution is -0.163. The molecule has 8 nitrogen and oxygen atoms in total. The van der Waals surface area contributed by atoms with Crippen LogP contribution < -0.4 is 4.90 Å². The molecular formula is C23H29N3O5. The molecule has 0 aromatic heterocycles. The molecule has 2 saturated heterocycles. The number of nitrogens with zero attached hydrogens (tertiary/aromatic N) is 3. The summed E-state index contributed by atoms with van der Waals surface area (Å²) < 4.78 is 5.51. The van der Waals surface area contributed by atoms with Crippen molar-refractivity contribution in [3.63, 3.8) is 0 Å². The molecular weight excluding hydrogens is 398 g/mol. The summed E-state index contributed by atoms with van der Waals surface area (Å²) in [5.41, 5.74) is -0.764. The first kappa shape index (κ1) is 21.3. The molecule has 2 atom stereocenters. The Morgan fingerprint density at radius 3 is 2.68 bits per heavy atom. The van der Waals surface area contributed by atoms with Gasteiger partial charge in [0, 0.05) is 32.0 Å². The Morgan fingerprint density at radius 1 is 1.23 bits per heavy atom. The number of rotatable bonds is 4. The van der Waals surface area contributed by atoms with E-state index in [0.29, 0.717) is 30.3 Å². The Balaban J connectivity index is 1.64. The van der Waals surface area contributed by atoms with Gasteiger partial charge in [0.05, 0.1) is 11.3 Å². The number of carbonyl (C=O) groups is 4. The van der Waals surface area contributed by atoms with E-state index in [1.54, 1.807) is 29.2 Å². The molecule has 3 aliphatic heterocycles. The number of fused-ring (bicyclic) bond motifs is 3. The first-order valence-corrected chi connectivity index (χ1v) is 11.0. The van der Waals surface area contributed by atoms with Crippen molar-refractivity contribution in [1.82, 2.24) is 9.80 Å². The Morgan fingerprint density at radius 2 is 1.97 bits per heavy atom. The largest absolute Gasteiger partial charge is 0.452 e. The number of anilines is 1. The number of para-hydroxylation sites is 1. The van der Waals surface area contributed by atoms with Crippen molar-refractivity contribution in [3.05, 3.63) is 29.8 Å². The number of ether oxygens (including phenoxy) is 1. The normalized spacial score (nSPS) is 25.5. The van der Waals surface area contributed by atoms with E-state index in [2.05, 4.69) is 6.92 Å². The van der Waals surface area contributed by atoms with Gasteiger partial charge in [-0.1, -0.05) is 19.1 Å². The summed E-state index contributed by atoms with van der Waals surface area (Å²) >= 11 is 0. The number of amides is 3. The SMILES string of the molecule is CC(C)N1C(=O)c2ccccc2N2C(=O)CC[C@]21C(=O)OCC(=O)N1CCC[C@H](C)C1. The molecule has 4 rings (SSSR count). The summed E-state index contributed by atoms with van der Waals surface area (Å²) in [5, 5.41) is 0. The number of esters is 1. The van der Waals surface area contributed by atoms with E-state index >= 15 is 0 Å². The standard InChI is InChI=1S/C23H29N3O5/c1-15(2)25-21(29)17-8-4-5-9-18(17)26-19(27)10-11-23(25,26)22(30)31-14-20(28)24-12-6-7-16(3)13-24/h4-5,8-9,15-16H,6-7,10-14H2,1-3H3/t16-,23+/m0/s1. The molecule has 1 aromatic rings. The van der Waals surface area contributed by atoms with Crippen LogP contribution in [-0.4, -0.2) is 64.9 Å². The maximum absolute atomic E-state index is 13.5. The van der Waals surface area contributed by atoms with E-state index in [9.17, 15) is 19.2 Å². The highest BCUT2D eigenvalue weighted by Crippen LogP contribution is 2.45. The molecule has 0 N–H and O–H groups in total. The maximum Gasteiger partial charge on any atom is 0.354 e. The monoisotopic (exact) mass is 427 g/mol. The van der Waals surface area contributed by atoms with Gasteiger partial charge in [-0.2, -0.15) is 0 Å². The topological polar surface area (TPSA) is 87.2 Å². The number of carbonyl (C=O) groups excluding carboxylic acids is 4. The van der Waals surface area contributed by atoms with E-state index < -0.39 is 18.2 Å². The second-order valence-corrected chi connectivity index (χ2v) is 9.00. The molecule has 0 saturated carbocycles. The molecule has 0 spiro atoms. The summed E-state index contributed by atoms with van der Waals surface area (Å²) in [6.45, 7) is 6.62. The van der Waals surface area contributed by atoms with E-state index in [-0.39, 0.29) is 36.6 Å². The van der Waals surface area contributed by atoms with Gasteiger partial charge >= 0.3 is 5.97 Å². The van der Waals surface area contributed by atoms with Gasteiger partial charge in [0.15, 0.2) is 6.61 Å². The Hall–Kier alpha value is -2.90. The van der Waals surface area contributed by atoms with Gasteiger partial charge in [-0.05, 0) is 44.7 Å². The molecule has 8 heteroatoms. The minimum absolute atomic E-state index is 0.123. The summed E-state index contributed by atoms with van der Waals surface area (Å²) in [7, 11) is 0. The fourth-order valence-electron chi connectivity index (χ4n) is 5.12. The van der Waals surface area contributed by atoms with Crippen molar-refractivity contribution in [3.8, 4) is 0 Å². The van der Waals surface area contributed by atoms with Crippen LogP contribution in [0.4, 0.5) is 5.69 Å². The van der Waals surface area contributed by atoms with Crippen LogP contribution in [0.15, 0.2) is 24.3 Å². The lowest BCUT2D eigenvalue weighted by Gasteiger charge is -2.50. The lowest BCUT2D eigenvalue weighted by Crippen LogP contribution is -2.70. The fraction of sp³-hybridized carbons (Fsp3) is 0.565. The van der Waals surface area contributed by atoms with Crippen molar-refractivity contribution in [1.29, 1.82) is 0 Å². The molecule has 166 valence electrons. The number of hydrogen-bond donors (Lipinski definition) is 0. The molecule has 31 heavy (non-hydrogen) atoms. The van der Waals surface area contributed by atoms with Gasteiger partial charge in [-0.15, -0.1) is 0 Å². The number of piperidine rings is 1. The fourth-order valence-corrected chi connectivity index (χ4v) is 5.12. The quantitative estimate of drug-likeness (QED) is 0.688. The van der Waals surface area contributed by atoms with Crippen LogP contribution in [0, 0.1) is 5.92 Å². The van der Waals surface area contributed by atoms with Crippen LogP contribution in [-0.2, 0) is 19.1 Å². The summed E-state index contributed by atoms with van der Waals surface area (Å²) in [4.78, 5) is 56.9. The zero-order valence-corrected chi connectivity index (χ0v) is 18.3. The highest BCUT2D eigenvalue weighted by molar-refractivity contribution is 6.15. The Bertz CT molecular complexity index is 930. The van der Waals surface area contributed by atoms with E-state index in [0.717, 1.165) is 12.8 Å². The Labute approximate surface area is 182 Å². The van der Waals surface area contributed by atoms with E-state index in [1.807, 2.05) is 13.8 Å². The highest BCUT2D eigenvalue weighted by Gasteiger charge is 2.62. The molecule has 0 aliphatic carbocycles. The third-order valence-electron chi connectivity index (χ3n) is 6.48. The summed E-state index contributed by atoms with van der Waals surface area (Å²) in [6.07, 6.45) is 2.27. The van der Waals surface area contributed by atoms with Crippen LogP contribution >= 0.6 is 0 Å². The van der Waals surface area contributed by atoms with Gasteiger partial charge in [0.25, 0.3) is 11.8 Å². The van der Waals surface area contributed by atoms with E-state index in [4.69, 9.17) is 4.74 Å². The summed E-state index contributed by atoms with van der Waals surface area (Å²) in [6, 6.07) is 6.46. The molecule has 0 bridgehead atoms. The summed E-state index contributed by atoms with van der Waals surface area (Å²) in [5.74, 6) is -1.11. The van der Waals surface area contributed by atoms with Crippen molar-refractivity contribution < 1.29 is 23.9 Å². The second kappa shape index (κ2) is 7.98. The smallest absolute Gasteiger partial charge is 0.354 e. The van der Waals surface area contributed by atoms with Crippen LogP contribution in [0.25, 0.3) is 0 Å². The molecule has 3 amide bonds. The van der Waals surface area contributed by atoms with Crippen LogP contribution in [0.2, 0.25) is 0 Å². The van der Waals surface area contributed by atoms with Crippen LogP contribution in [0.5, 0.6) is 0 Å². The second-order valence-electron chi connectivity index (χ2n) is 9.00. The zero-order chi connectivity index (χ0) is 22.3. The molecule has 3 heterocycles. The van der Waals surface area contributed by atoms with Crippen molar-refractivity contribution in [2.45, 2.75) is 58.2 Å². The molecule has 3 aliphatic rings. The number of benzene rings is 1. The van der Waals surface area contributed by atoms with Gasteiger partial charge in [0.2, 0.25) is 11.6 Å². The van der Waals surface area contributed by atoms with E-state index in [1.165, 1.54) is 9.80 Å². The number of hydrogen-bond acceptors (Lipinski definition) is 5. The highest BCUT2D eigenvalue weighted by atomic mass is 16.5. The van der Waals surface area contributed by atoms with Gasteiger partial charge in [0.1, 0.15) is 0 Å². The predicted octanol–water partition coefficient (Wildman–Crippen LogP) is 2.18. The first-order valence-electron chi connectivity index (χ1n) is 11.0. The number of likely N-dealkylation sites (tertiary alicyclic amines) is 1. The predicted molar refractivity (Wildman–Crippen MR) is 113 cm³/mol. The average molecular weight is 428 g/mol. The maximum atomic E-state index is 13.5. The lowest BCUT2D eigenvalue weighted by atomic mass is 9.95. The third-order valence-corrected chi connectivity index (χ3v) is 6.48. The minimum Gasteiger partial charge on any atom is -0.452 e. The molecule has 1 aromatic carbocycles. The molecule has 0 unspecified atom stereocenters. The van der Waals surface area contributed by atoms with Crippen LogP contribution in [0.3, 0.4) is 0 Å². The zero-order valence-electron chi connectivity index (χ0n) is 18.3. The van der Waals surface area contributed by atoms with Gasteiger partial charge < -0.3 is 14.5 Å². The van der Waals surface area contributed by atoms with Crippen molar-refractivity contribution in [2.75, 3.05) is 24.6 Å². The molecule has 0 radical (unpaired) electrons. The third kappa shape index (κ3) is 3.38.